The Labute approximate surface area is 474 Å². The molecule has 10 rings (SSSR count). The van der Waals surface area contributed by atoms with Gasteiger partial charge in [-0.3, -0.25) is 9.59 Å². The number of ether oxygens (including phenoxy) is 13. The summed E-state index contributed by atoms with van der Waals surface area (Å²) in [5, 5.41) is 66.7. The number of esters is 3. The standard InChI is InChI=1S/C22H28O8.C13H16O8.C13H22O5.C9H8O4/c1-12(23)26-14-9-7-6-8-13(14)19(24)27-17-16(15-10-21(2,3)11-25-15)28-20-18(17)29-22(4,5)30-20;14-5-8-9(16)11(10(17)13(19)20-8)21-12(18)6-3-1-2-4-7(6)15;1-12(2)5-7(15-6-12)9-8(14)10-11(16-9)18-13(3,4)17-10;10-5-6-13-8-4-2-1-3-7(8)9(11)12/h6-9,15-18,20H,10-11H2,1-5H3;1-4,8-11,13-17,19H,5H2;7-11,14H,5-6H2,1-4H3;1-5H,6H2,(H,11,12)/p+1. The zero-order chi connectivity index (χ0) is 60.1. The van der Waals surface area contributed by atoms with Gasteiger partial charge in [-0.25, -0.2) is 14.4 Å². The molecule has 7 saturated heterocycles. The van der Waals surface area contributed by atoms with Crippen LogP contribution in [0.1, 0.15) is 108 Å². The predicted molar refractivity (Wildman–Crippen MR) is 280 cm³/mol. The molecule has 0 saturated carbocycles. The van der Waals surface area contributed by atoms with Gasteiger partial charge in [-0.05, 0) is 87.8 Å². The van der Waals surface area contributed by atoms with Crippen molar-refractivity contribution in [3.05, 3.63) is 89.5 Å². The molecule has 3 aromatic rings. The van der Waals surface area contributed by atoms with Crippen molar-refractivity contribution in [1.29, 1.82) is 0 Å². The third-order valence-corrected chi connectivity index (χ3v) is 13.9. The summed E-state index contributed by atoms with van der Waals surface area (Å²) in [7, 11) is 0. The first-order chi connectivity index (χ1) is 38.5. The summed E-state index contributed by atoms with van der Waals surface area (Å²) >= 11 is 0. The minimum absolute atomic E-state index is 0. The lowest BCUT2D eigenvalue weighted by Gasteiger charge is -2.39. The van der Waals surface area contributed by atoms with Crippen LogP contribution in [0.15, 0.2) is 72.8 Å². The number of aromatic hydroxyl groups is 1. The second kappa shape index (κ2) is 26.4. The van der Waals surface area contributed by atoms with Crippen molar-refractivity contribution in [1.82, 2.24) is 0 Å². The molecule has 0 bridgehead atoms. The number of rotatable bonds is 12. The van der Waals surface area contributed by atoms with E-state index in [4.69, 9.17) is 71.8 Å². The van der Waals surface area contributed by atoms with Crippen LogP contribution >= 0.6 is 0 Å². The van der Waals surface area contributed by atoms with E-state index >= 15 is 0 Å². The number of phenolic OH excluding ortho intramolecular Hbond substituents is 1. The SMILES string of the molecule is CC(=O)Oc1ccccc1C(=O)OC1C(C2CC(C)(C)CO2)OC2OC(C)(C)OC21.CC1(C)COC(C2OC3OC(C)(C)OC3C2O)C1.O=C(OC1C(O)C(O)OC(CO)C1O)c1ccccc1O.O=CCOc1ccccc1C(=O)O.[H+]. The second-order valence-corrected chi connectivity index (χ2v) is 22.9. The first kappa shape index (κ1) is 63.8. The highest BCUT2D eigenvalue weighted by molar-refractivity contribution is 5.94. The van der Waals surface area contributed by atoms with Gasteiger partial charge in [0, 0.05) is 6.92 Å². The monoisotopic (exact) mass is 1160 g/mol. The highest BCUT2D eigenvalue weighted by Crippen LogP contribution is 2.45. The molecule has 7 N–H and O–H groups in total. The number of benzene rings is 3. The van der Waals surface area contributed by atoms with Crippen LogP contribution in [-0.2, 0) is 61.7 Å². The number of aldehydes is 1. The molecular weight excluding hydrogens is 1080 g/mol. The molecule has 0 spiro atoms. The fourth-order valence-electron chi connectivity index (χ4n) is 10.2. The molecule has 0 amide bonds. The summed E-state index contributed by atoms with van der Waals surface area (Å²) < 4.78 is 72.4. The van der Waals surface area contributed by atoms with E-state index in [1.54, 1.807) is 50.2 Å². The molecule has 25 heteroatoms. The molecule has 0 aliphatic carbocycles. The molecule has 7 aliphatic heterocycles. The van der Waals surface area contributed by atoms with Crippen LogP contribution in [0.2, 0.25) is 0 Å². The second-order valence-electron chi connectivity index (χ2n) is 22.9. The van der Waals surface area contributed by atoms with E-state index in [9.17, 15) is 49.5 Å². The normalized spacial score (nSPS) is 33.1. The number of carboxylic acid groups (broad SMARTS) is 1. The van der Waals surface area contributed by atoms with Crippen LogP contribution in [0.25, 0.3) is 0 Å². The largest absolute Gasteiger partial charge is 1.00 e. The quantitative estimate of drug-likeness (QED) is 0.0777. The number of carbonyl (C=O) groups excluding carboxylic acids is 4. The molecule has 7 fully saturated rings. The van der Waals surface area contributed by atoms with Crippen LogP contribution in [0.3, 0.4) is 0 Å². The van der Waals surface area contributed by atoms with Gasteiger partial charge in [0.25, 0.3) is 0 Å². The summed E-state index contributed by atoms with van der Waals surface area (Å²) in [5.74, 6) is -4.70. The number of para-hydroxylation sites is 3. The van der Waals surface area contributed by atoms with Crippen LogP contribution in [-0.4, -0.2) is 196 Å². The van der Waals surface area contributed by atoms with Crippen molar-refractivity contribution in [2.45, 2.75) is 179 Å². The zero-order valence-electron chi connectivity index (χ0n) is 47.9. The molecule has 7 heterocycles. The molecule has 15 atom stereocenters. The number of aromatic carboxylic acids is 1. The lowest BCUT2D eigenvalue weighted by atomic mass is 9.88. The topological polar surface area (TPSA) is 347 Å². The van der Waals surface area contributed by atoms with Crippen molar-refractivity contribution in [2.75, 3.05) is 26.4 Å². The molecule has 15 unspecified atom stereocenters. The first-order valence-corrected chi connectivity index (χ1v) is 26.6. The summed E-state index contributed by atoms with van der Waals surface area (Å²) in [6.07, 6.45) is -10.1. The van der Waals surface area contributed by atoms with Crippen molar-refractivity contribution in [2.24, 2.45) is 10.8 Å². The Bertz CT molecular complexity index is 2700. The van der Waals surface area contributed by atoms with Crippen LogP contribution in [0.5, 0.6) is 17.2 Å². The molecule has 0 radical (unpaired) electrons. The Morgan fingerprint density at radius 3 is 1.65 bits per heavy atom. The third-order valence-electron chi connectivity index (χ3n) is 13.9. The molecule has 0 aromatic heterocycles. The average Bonchev–Trinajstić information content (AvgIpc) is 3.39. The molecule has 82 heavy (non-hydrogen) atoms. The van der Waals surface area contributed by atoms with Gasteiger partial charge in [0.2, 0.25) is 0 Å². The Hall–Kier alpha value is -5.75. The van der Waals surface area contributed by atoms with E-state index in [1.165, 1.54) is 43.3 Å². The Morgan fingerprint density at radius 2 is 1.11 bits per heavy atom. The van der Waals surface area contributed by atoms with E-state index in [0.29, 0.717) is 19.5 Å². The smallest absolute Gasteiger partial charge is 0.507 e. The maximum absolute atomic E-state index is 13.0. The number of phenols is 1. The van der Waals surface area contributed by atoms with Crippen LogP contribution < -0.4 is 9.47 Å². The van der Waals surface area contributed by atoms with Crippen molar-refractivity contribution < 1.29 is 123 Å². The Kier molecular flexibility index (Phi) is 20.6. The van der Waals surface area contributed by atoms with Crippen LogP contribution in [0.4, 0.5) is 0 Å². The van der Waals surface area contributed by atoms with Gasteiger partial charge < -0.3 is 97.3 Å². The molecular formula is C57H75O25+. The van der Waals surface area contributed by atoms with E-state index < -0.39 is 116 Å². The fourth-order valence-corrected chi connectivity index (χ4v) is 10.2. The Morgan fingerprint density at radius 1 is 0.610 bits per heavy atom. The molecule has 452 valence electrons. The summed E-state index contributed by atoms with van der Waals surface area (Å²) in [6.45, 7) is 17.6. The number of carboxylic acids is 1. The number of aliphatic hydroxyl groups is 5. The van der Waals surface area contributed by atoms with Crippen molar-refractivity contribution >= 4 is 30.2 Å². The number of hydrogen-bond acceptors (Lipinski definition) is 24. The van der Waals surface area contributed by atoms with E-state index in [0.717, 1.165) is 12.8 Å². The predicted octanol–water partition coefficient (Wildman–Crippen LogP) is 3.29. The maximum Gasteiger partial charge on any atom is 1.00 e. The molecule has 7 aliphatic rings. The highest BCUT2D eigenvalue weighted by atomic mass is 16.9. The highest BCUT2D eigenvalue weighted by Gasteiger charge is 2.60. The summed E-state index contributed by atoms with van der Waals surface area (Å²) in [5.41, 5.74) is 0.207. The maximum atomic E-state index is 13.0. The first-order valence-electron chi connectivity index (χ1n) is 26.6. The summed E-state index contributed by atoms with van der Waals surface area (Å²) in [6, 6.07) is 18.2. The number of aliphatic hydroxyl groups excluding tert-OH is 5. The molecule has 25 nitrogen and oxygen atoms in total. The van der Waals surface area contributed by atoms with E-state index in [1.807, 2.05) is 13.8 Å². The van der Waals surface area contributed by atoms with Crippen LogP contribution in [0, 0.1) is 10.8 Å². The number of fused-ring (bicyclic) bond motifs is 2. The van der Waals surface area contributed by atoms with Gasteiger partial charge in [-0.2, -0.15) is 0 Å². The lowest BCUT2D eigenvalue weighted by Crippen LogP contribution is -2.59. The van der Waals surface area contributed by atoms with E-state index in [2.05, 4.69) is 27.7 Å². The Balaban J connectivity index is 0.000000185. The van der Waals surface area contributed by atoms with Gasteiger partial charge in [0.15, 0.2) is 55.0 Å². The molecule has 3 aromatic carbocycles. The van der Waals surface area contributed by atoms with Gasteiger partial charge in [0.1, 0.15) is 83.3 Å². The van der Waals surface area contributed by atoms with Gasteiger partial charge >= 0.3 is 25.3 Å². The van der Waals surface area contributed by atoms with Gasteiger partial charge in [-0.15, -0.1) is 0 Å². The number of carbonyl (C=O) groups is 5. The minimum Gasteiger partial charge on any atom is -0.507 e. The zero-order valence-corrected chi connectivity index (χ0v) is 46.9. The van der Waals surface area contributed by atoms with Crippen molar-refractivity contribution in [3.63, 3.8) is 0 Å². The summed E-state index contributed by atoms with van der Waals surface area (Å²) in [4.78, 5) is 57.0. The van der Waals surface area contributed by atoms with Gasteiger partial charge in [0.05, 0.1) is 32.0 Å². The van der Waals surface area contributed by atoms with Gasteiger partial charge in [-0.1, -0.05) is 64.1 Å². The van der Waals surface area contributed by atoms with Crippen molar-refractivity contribution in [3.8, 4) is 17.2 Å². The minimum atomic E-state index is -1.72. The average molecular weight is 1160 g/mol. The third kappa shape index (κ3) is 15.7. The lowest BCUT2D eigenvalue weighted by molar-refractivity contribution is -0.285. The fraction of sp³-hybridized carbons (Fsp3) is 0.596. The van der Waals surface area contributed by atoms with E-state index in [-0.39, 0.29) is 71.1 Å². The number of hydrogen-bond donors (Lipinski definition) is 7.